The van der Waals surface area contributed by atoms with Gasteiger partial charge in [0.15, 0.2) is 0 Å². The normalized spacial score (nSPS) is 27.8. The van der Waals surface area contributed by atoms with Crippen LogP contribution in [0.4, 0.5) is 0 Å². The van der Waals surface area contributed by atoms with Gasteiger partial charge in [-0.05, 0) is 45.0 Å². The lowest BCUT2D eigenvalue weighted by molar-refractivity contribution is 0.682. The second-order valence-electron chi connectivity index (χ2n) is 2.48. The Morgan fingerprint density at radius 3 is 1.60 bits per heavy atom. The van der Waals surface area contributed by atoms with E-state index in [4.69, 9.17) is 0 Å². The van der Waals surface area contributed by atoms with Crippen molar-refractivity contribution in [2.45, 2.75) is 25.7 Å². The van der Waals surface area contributed by atoms with Crippen LogP contribution >= 0.6 is 45.2 Å². The summed E-state index contributed by atoms with van der Waals surface area (Å²) in [6.45, 7) is 0. The molecule has 1 aliphatic carbocycles. The second-order valence-corrected chi connectivity index (χ2v) is 3.72. The standard InChI is InChI=1S/C8H10I2/c9-5-7-3-1-2-4-8(7)6-10/h5-6H,1-4H2/b7-5-,8-6-. The molecule has 0 aromatic heterocycles. The van der Waals surface area contributed by atoms with E-state index in [0.29, 0.717) is 0 Å². The molecule has 0 saturated heterocycles. The minimum atomic E-state index is 1.29. The third-order valence-corrected chi connectivity index (χ3v) is 3.32. The lowest BCUT2D eigenvalue weighted by Crippen LogP contribution is -1.96. The fourth-order valence-electron chi connectivity index (χ4n) is 1.20. The van der Waals surface area contributed by atoms with Gasteiger partial charge in [0.25, 0.3) is 0 Å². The molecule has 0 bridgehead atoms. The van der Waals surface area contributed by atoms with Crippen LogP contribution in [0.15, 0.2) is 19.3 Å². The zero-order valence-electron chi connectivity index (χ0n) is 5.74. The lowest BCUT2D eigenvalue weighted by atomic mass is 9.92. The molecular weight excluding hydrogens is 350 g/mol. The van der Waals surface area contributed by atoms with Crippen molar-refractivity contribution in [2.24, 2.45) is 0 Å². The Kier molecular flexibility index (Phi) is 4.28. The van der Waals surface area contributed by atoms with E-state index in [1.807, 2.05) is 0 Å². The first-order valence-electron chi connectivity index (χ1n) is 3.47. The summed E-state index contributed by atoms with van der Waals surface area (Å²) in [5.74, 6) is 0. The van der Waals surface area contributed by atoms with E-state index in [0.717, 1.165) is 0 Å². The van der Waals surface area contributed by atoms with Gasteiger partial charge in [0.2, 0.25) is 0 Å². The van der Waals surface area contributed by atoms with E-state index in [2.05, 4.69) is 53.3 Å². The average molecular weight is 360 g/mol. The highest BCUT2D eigenvalue weighted by atomic mass is 127. The van der Waals surface area contributed by atoms with Crippen LogP contribution < -0.4 is 0 Å². The molecule has 0 aromatic rings. The van der Waals surface area contributed by atoms with Gasteiger partial charge in [-0.15, -0.1) is 0 Å². The third kappa shape index (κ3) is 2.22. The Bertz CT molecular complexity index is 148. The predicted molar refractivity (Wildman–Crippen MR) is 62.7 cm³/mol. The van der Waals surface area contributed by atoms with E-state index >= 15 is 0 Å². The van der Waals surface area contributed by atoms with Crippen molar-refractivity contribution < 1.29 is 0 Å². The van der Waals surface area contributed by atoms with Crippen molar-refractivity contribution in [2.75, 3.05) is 0 Å². The molecule has 2 heteroatoms. The molecule has 0 aliphatic heterocycles. The Hall–Kier alpha value is 0.940. The molecule has 0 N–H and O–H groups in total. The van der Waals surface area contributed by atoms with E-state index < -0.39 is 0 Å². The molecule has 0 unspecified atom stereocenters. The molecule has 1 aliphatic rings. The van der Waals surface area contributed by atoms with Crippen molar-refractivity contribution in [3.63, 3.8) is 0 Å². The predicted octanol–water partition coefficient (Wildman–Crippen LogP) is 4.20. The molecule has 0 heterocycles. The van der Waals surface area contributed by atoms with Gasteiger partial charge in [-0.25, -0.2) is 0 Å². The summed E-state index contributed by atoms with van der Waals surface area (Å²) < 4.78 is 4.45. The number of allylic oxidation sites excluding steroid dienone is 2. The van der Waals surface area contributed by atoms with Gasteiger partial charge in [0, 0.05) is 0 Å². The molecule has 10 heavy (non-hydrogen) atoms. The summed E-state index contributed by atoms with van der Waals surface area (Å²) in [6, 6.07) is 0. The highest BCUT2D eigenvalue weighted by Crippen LogP contribution is 2.30. The zero-order valence-corrected chi connectivity index (χ0v) is 10.1. The number of halogens is 2. The van der Waals surface area contributed by atoms with E-state index in [-0.39, 0.29) is 0 Å². The molecule has 0 radical (unpaired) electrons. The molecule has 1 rings (SSSR count). The van der Waals surface area contributed by atoms with Crippen molar-refractivity contribution in [1.29, 1.82) is 0 Å². The van der Waals surface area contributed by atoms with Crippen molar-refractivity contribution in [1.82, 2.24) is 0 Å². The third-order valence-electron chi connectivity index (χ3n) is 1.82. The number of rotatable bonds is 0. The van der Waals surface area contributed by atoms with Crippen LogP contribution in [-0.2, 0) is 0 Å². The quantitative estimate of drug-likeness (QED) is 0.569. The largest absolute Gasteiger partial charge is 0.0527 e. The topological polar surface area (TPSA) is 0 Å². The highest BCUT2D eigenvalue weighted by molar-refractivity contribution is 14.1. The van der Waals surface area contributed by atoms with E-state index in [1.165, 1.54) is 25.7 Å². The maximum atomic E-state index is 2.34. The van der Waals surface area contributed by atoms with Gasteiger partial charge < -0.3 is 0 Å². The van der Waals surface area contributed by atoms with Gasteiger partial charge in [-0.2, -0.15) is 0 Å². The van der Waals surface area contributed by atoms with Crippen molar-refractivity contribution >= 4 is 45.2 Å². The Morgan fingerprint density at radius 1 is 0.900 bits per heavy atom. The van der Waals surface area contributed by atoms with Crippen molar-refractivity contribution in [3.05, 3.63) is 19.3 Å². The molecule has 1 saturated carbocycles. The fourth-order valence-corrected chi connectivity index (χ4v) is 2.62. The van der Waals surface area contributed by atoms with Crippen LogP contribution in [-0.4, -0.2) is 0 Å². The minimum absolute atomic E-state index is 1.29. The van der Waals surface area contributed by atoms with Crippen LogP contribution in [0.2, 0.25) is 0 Å². The summed E-state index contributed by atoms with van der Waals surface area (Å²) in [4.78, 5) is 0. The van der Waals surface area contributed by atoms with Gasteiger partial charge in [-0.3, -0.25) is 0 Å². The van der Waals surface area contributed by atoms with E-state index in [9.17, 15) is 0 Å². The second kappa shape index (κ2) is 4.74. The Morgan fingerprint density at radius 2 is 1.30 bits per heavy atom. The molecule has 0 aromatic carbocycles. The molecule has 0 amide bonds. The molecule has 1 fully saturated rings. The SMILES string of the molecule is I/C=C1/CCCC/C1=C/I. The first-order valence-corrected chi connectivity index (χ1v) is 5.96. The van der Waals surface area contributed by atoms with Gasteiger partial charge in [0.05, 0.1) is 0 Å². The summed E-state index contributed by atoms with van der Waals surface area (Å²) in [5.41, 5.74) is 3.11. The van der Waals surface area contributed by atoms with Gasteiger partial charge >= 0.3 is 0 Å². The molecule has 56 valence electrons. The molecule has 0 nitrogen and oxygen atoms in total. The van der Waals surface area contributed by atoms with Gasteiger partial charge in [-0.1, -0.05) is 45.2 Å². The summed E-state index contributed by atoms with van der Waals surface area (Å²) in [7, 11) is 0. The van der Waals surface area contributed by atoms with E-state index in [1.54, 1.807) is 11.1 Å². The van der Waals surface area contributed by atoms with Crippen LogP contribution in [0.25, 0.3) is 0 Å². The minimum Gasteiger partial charge on any atom is -0.0527 e. The lowest BCUT2D eigenvalue weighted by Gasteiger charge is -2.15. The monoisotopic (exact) mass is 360 g/mol. The first kappa shape index (κ1) is 9.03. The van der Waals surface area contributed by atoms with Crippen LogP contribution in [0, 0.1) is 0 Å². The Labute approximate surface area is 89.4 Å². The molecule has 0 spiro atoms. The summed E-state index contributed by atoms with van der Waals surface area (Å²) in [6.07, 6.45) is 5.33. The van der Waals surface area contributed by atoms with Crippen LogP contribution in [0.1, 0.15) is 25.7 Å². The molecular formula is C8H10I2. The maximum absolute atomic E-state index is 2.34. The van der Waals surface area contributed by atoms with Crippen LogP contribution in [0.5, 0.6) is 0 Å². The zero-order chi connectivity index (χ0) is 7.40. The first-order chi connectivity index (χ1) is 4.88. The average Bonchev–Trinajstić information content (AvgIpc) is 2.04. The number of hydrogen-bond donors (Lipinski definition) is 0. The summed E-state index contributed by atoms with van der Waals surface area (Å²) >= 11 is 4.68. The van der Waals surface area contributed by atoms with Crippen molar-refractivity contribution in [3.8, 4) is 0 Å². The fraction of sp³-hybridized carbons (Fsp3) is 0.500. The van der Waals surface area contributed by atoms with Crippen LogP contribution in [0.3, 0.4) is 0 Å². The van der Waals surface area contributed by atoms with Gasteiger partial charge in [0.1, 0.15) is 0 Å². The highest BCUT2D eigenvalue weighted by Gasteiger charge is 2.09. The Balaban J connectivity index is 2.69. The maximum Gasteiger partial charge on any atom is -0.0199 e. The number of hydrogen-bond acceptors (Lipinski definition) is 0. The summed E-state index contributed by atoms with van der Waals surface area (Å²) in [5, 5.41) is 0. The smallest absolute Gasteiger partial charge is 0.0199 e. The molecule has 0 atom stereocenters.